The van der Waals surface area contributed by atoms with Crippen molar-refractivity contribution in [3.8, 4) is 17.1 Å². The third kappa shape index (κ3) is 4.78. The maximum Gasteiger partial charge on any atom is 0.416 e. The average molecular weight is 440 g/mol. The number of alkyl halides is 3. The lowest BCUT2D eigenvalue weighted by molar-refractivity contribution is -0.137. The Morgan fingerprint density at radius 3 is 2.59 bits per heavy atom. The van der Waals surface area contributed by atoms with Gasteiger partial charge in [-0.15, -0.1) is 0 Å². The first kappa shape index (κ1) is 21.9. The Morgan fingerprint density at radius 1 is 1.03 bits per heavy atom. The largest absolute Gasteiger partial charge is 0.493 e. The molecule has 0 saturated carbocycles. The molecule has 4 nitrogen and oxygen atoms in total. The monoisotopic (exact) mass is 440 g/mol. The van der Waals surface area contributed by atoms with Crippen LogP contribution in [0.4, 0.5) is 13.2 Å². The van der Waals surface area contributed by atoms with E-state index in [0.717, 1.165) is 41.7 Å². The lowest BCUT2D eigenvalue weighted by Crippen LogP contribution is -2.21. The number of nitrogens with zero attached hydrogens (tertiary/aromatic N) is 2. The van der Waals surface area contributed by atoms with E-state index in [-0.39, 0.29) is 0 Å². The number of furan rings is 1. The normalized spacial score (nSPS) is 11.9. The minimum atomic E-state index is -4.42. The van der Waals surface area contributed by atoms with Crippen molar-refractivity contribution in [2.45, 2.75) is 19.1 Å². The predicted octanol–water partition coefficient (Wildman–Crippen LogP) is 6.20. The van der Waals surface area contributed by atoms with E-state index in [1.807, 2.05) is 37.4 Å². The number of fused-ring (bicyclic) bond motifs is 1. The van der Waals surface area contributed by atoms with Crippen molar-refractivity contribution < 1.29 is 22.3 Å². The summed E-state index contributed by atoms with van der Waals surface area (Å²) in [6.45, 7) is 1.46. The molecule has 32 heavy (non-hydrogen) atoms. The second-order valence-corrected chi connectivity index (χ2v) is 7.67. The summed E-state index contributed by atoms with van der Waals surface area (Å²) in [6.07, 6.45) is -1.82. The molecule has 0 aliphatic carbocycles. The van der Waals surface area contributed by atoms with Crippen LogP contribution in [0.2, 0.25) is 0 Å². The van der Waals surface area contributed by atoms with Crippen LogP contribution in [0.5, 0.6) is 5.75 Å². The molecule has 0 bridgehead atoms. The second-order valence-electron chi connectivity index (χ2n) is 7.67. The molecule has 7 heteroatoms. The van der Waals surface area contributed by atoms with Gasteiger partial charge in [-0.05, 0) is 49.0 Å². The molecule has 0 amide bonds. The quantitative estimate of drug-likeness (QED) is 0.343. The molecule has 0 radical (unpaired) electrons. The molecular weight excluding hydrogens is 417 g/mol. The topological polar surface area (TPSA) is 38.5 Å². The van der Waals surface area contributed by atoms with Crippen molar-refractivity contribution in [2.24, 2.45) is 0 Å². The van der Waals surface area contributed by atoms with Crippen molar-refractivity contribution in [1.29, 1.82) is 0 Å². The summed E-state index contributed by atoms with van der Waals surface area (Å²) in [5, 5.41) is 0.821. The predicted molar refractivity (Wildman–Crippen MR) is 117 cm³/mol. The molecule has 0 aliphatic rings. The summed E-state index contributed by atoms with van der Waals surface area (Å²) in [4.78, 5) is 6.53. The zero-order valence-electron chi connectivity index (χ0n) is 17.8. The first-order valence-electron chi connectivity index (χ1n) is 10.2. The summed E-state index contributed by atoms with van der Waals surface area (Å²) < 4.78 is 50.8. The van der Waals surface area contributed by atoms with Crippen molar-refractivity contribution >= 4 is 11.0 Å². The summed E-state index contributed by atoms with van der Waals surface area (Å²) >= 11 is 0. The van der Waals surface area contributed by atoms with Crippen LogP contribution in [-0.4, -0.2) is 30.6 Å². The van der Waals surface area contributed by atoms with Gasteiger partial charge in [-0.25, -0.2) is 0 Å². The average Bonchev–Trinajstić information content (AvgIpc) is 3.24. The van der Waals surface area contributed by atoms with Gasteiger partial charge in [0.25, 0.3) is 0 Å². The van der Waals surface area contributed by atoms with Gasteiger partial charge in [0, 0.05) is 42.4 Å². The molecule has 2 aromatic carbocycles. The maximum atomic E-state index is 13.1. The summed E-state index contributed by atoms with van der Waals surface area (Å²) in [5.41, 5.74) is 2.21. The van der Waals surface area contributed by atoms with Crippen LogP contribution in [0.25, 0.3) is 22.3 Å². The molecular formula is C25H23F3N2O2. The number of aromatic nitrogens is 1. The third-order valence-electron chi connectivity index (χ3n) is 5.35. The van der Waals surface area contributed by atoms with Crippen molar-refractivity contribution in [3.05, 3.63) is 83.7 Å². The Hall–Kier alpha value is -3.32. The van der Waals surface area contributed by atoms with E-state index >= 15 is 0 Å². The van der Waals surface area contributed by atoms with Gasteiger partial charge in [-0.1, -0.05) is 24.3 Å². The Morgan fingerprint density at radius 2 is 1.88 bits per heavy atom. The first-order chi connectivity index (χ1) is 15.3. The van der Waals surface area contributed by atoms with Crippen LogP contribution in [0.1, 0.15) is 16.8 Å². The molecule has 0 atom stereocenters. The van der Waals surface area contributed by atoms with E-state index < -0.39 is 11.7 Å². The van der Waals surface area contributed by atoms with E-state index in [2.05, 4.69) is 9.88 Å². The van der Waals surface area contributed by atoms with Crippen LogP contribution in [0.15, 0.2) is 71.3 Å². The Bertz CT molecular complexity index is 1200. The molecule has 0 saturated heterocycles. The minimum Gasteiger partial charge on any atom is -0.493 e. The summed E-state index contributed by atoms with van der Waals surface area (Å²) in [6, 6.07) is 16.6. The smallest absolute Gasteiger partial charge is 0.416 e. The number of ether oxygens (including phenoxy) is 1. The molecule has 2 heterocycles. The Balaban J connectivity index is 1.63. The molecule has 0 aliphatic heterocycles. The Labute approximate surface area is 184 Å². The maximum absolute atomic E-state index is 13.1. The Kier molecular flexibility index (Phi) is 6.19. The molecule has 0 N–H and O–H groups in total. The number of pyridine rings is 1. The van der Waals surface area contributed by atoms with Gasteiger partial charge in [0.2, 0.25) is 0 Å². The second kappa shape index (κ2) is 9.04. The van der Waals surface area contributed by atoms with E-state index in [1.54, 1.807) is 25.4 Å². The number of halogens is 3. The zero-order chi connectivity index (χ0) is 22.7. The van der Waals surface area contributed by atoms with Gasteiger partial charge in [-0.3, -0.25) is 4.98 Å². The molecule has 4 rings (SSSR count). The molecule has 0 spiro atoms. The molecule has 2 aromatic heterocycles. The highest BCUT2D eigenvalue weighted by Crippen LogP contribution is 2.38. The first-order valence-corrected chi connectivity index (χ1v) is 10.2. The number of benzene rings is 2. The van der Waals surface area contributed by atoms with Crippen LogP contribution >= 0.6 is 0 Å². The number of hydrogen-bond donors (Lipinski definition) is 0. The standard InChI is InChI=1S/C25H23F3N2O2/c1-30(13-11-20-8-3-4-12-29-20)16-18-9-10-22(31-2)24-21(18)15-23(32-24)17-6-5-7-19(14-17)25(26,27)28/h3-10,12,14-15H,11,13,16H2,1-2H3. The number of hydrogen-bond acceptors (Lipinski definition) is 4. The van der Waals surface area contributed by atoms with Gasteiger partial charge in [0.05, 0.1) is 12.7 Å². The van der Waals surface area contributed by atoms with Crippen LogP contribution in [-0.2, 0) is 19.1 Å². The number of methoxy groups -OCH3 is 1. The van der Waals surface area contributed by atoms with Crippen LogP contribution in [0.3, 0.4) is 0 Å². The lowest BCUT2D eigenvalue weighted by Gasteiger charge is -2.17. The van der Waals surface area contributed by atoms with Gasteiger partial charge in [0.1, 0.15) is 5.76 Å². The highest BCUT2D eigenvalue weighted by Gasteiger charge is 2.30. The lowest BCUT2D eigenvalue weighted by atomic mass is 10.1. The van der Waals surface area contributed by atoms with Crippen molar-refractivity contribution in [1.82, 2.24) is 9.88 Å². The fraction of sp³-hybridized carbons (Fsp3) is 0.240. The van der Waals surface area contributed by atoms with Crippen molar-refractivity contribution in [3.63, 3.8) is 0 Å². The highest BCUT2D eigenvalue weighted by atomic mass is 19.4. The molecule has 166 valence electrons. The highest BCUT2D eigenvalue weighted by molar-refractivity contribution is 5.90. The molecule has 4 aromatic rings. The van der Waals surface area contributed by atoms with E-state index in [1.165, 1.54) is 6.07 Å². The summed E-state index contributed by atoms with van der Waals surface area (Å²) in [7, 11) is 3.56. The number of likely N-dealkylation sites (N-methyl/N-ethyl adjacent to an activating group) is 1. The van der Waals surface area contributed by atoms with Crippen LogP contribution < -0.4 is 4.74 Å². The SMILES string of the molecule is COc1ccc(CN(C)CCc2ccccn2)c2cc(-c3cccc(C(F)(F)F)c3)oc12. The van der Waals surface area contributed by atoms with E-state index in [9.17, 15) is 13.2 Å². The van der Waals surface area contributed by atoms with Crippen molar-refractivity contribution in [2.75, 3.05) is 20.7 Å². The number of rotatable bonds is 7. The van der Waals surface area contributed by atoms with Gasteiger partial charge >= 0.3 is 6.18 Å². The zero-order valence-corrected chi connectivity index (χ0v) is 17.8. The van der Waals surface area contributed by atoms with Gasteiger partial charge in [-0.2, -0.15) is 13.2 Å². The fourth-order valence-corrected chi connectivity index (χ4v) is 3.67. The molecule has 0 unspecified atom stereocenters. The fourth-order valence-electron chi connectivity index (χ4n) is 3.67. The van der Waals surface area contributed by atoms with Gasteiger partial charge in [0.15, 0.2) is 11.3 Å². The van der Waals surface area contributed by atoms with Crippen LogP contribution in [0, 0.1) is 0 Å². The third-order valence-corrected chi connectivity index (χ3v) is 5.35. The van der Waals surface area contributed by atoms with E-state index in [4.69, 9.17) is 9.15 Å². The molecule has 0 fully saturated rings. The summed E-state index contributed by atoms with van der Waals surface area (Å²) in [5.74, 6) is 0.908. The van der Waals surface area contributed by atoms with E-state index in [0.29, 0.717) is 29.2 Å². The van der Waals surface area contributed by atoms with Gasteiger partial charge < -0.3 is 14.1 Å². The minimum absolute atomic E-state index is 0.368.